The molecule has 0 aliphatic rings. The van der Waals surface area contributed by atoms with Gasteiger partial charge in [-0.3, -0.25) is 4.79 Å². The van der Waals surface area contributed by atoms with Crippen molar-refractivity contribution in [3.8, 4) is 11.6 Å². The maximum atomic E-state index is 14.9. The number of nitrogens with zero attached hydrogens (tertiary/aromatic N) is 5. The third kappa shape index (κ3) is 6.10. The number of pyridine rings is 2. The molecule has 13 nitrogen and oxygen atoms in total. The average Bonchev–Trinajstić information content (AvgIpc) is 3.34. The number of hydrogen-bond acceptors (Lipinski definition) is 9. The minimum Gasteiger partial charge on any atom is -0.479 e. The van der Waals surface area contributed by atoms with Crippen LogP contribution in [0, 0.1) is 5.82 Å². The molecule has 186 valence electrons. The summed E-state index contributed by atoms with van der Waals surface area (Å²) in [4.78, 5) is 31.5. The lowest BCUT2D eigenvalue weighted by atomic mass is 10.0. The number of anilines is 3. The van der Waals surface area contributed by atoms with E-state index in [1.54, 1.807) is 19.2 Å². The standard InChI is InChI=1S/C21H26FN9O4/c1-4-5-15(11(2)26-21(33)34)28-19-14(22)9-13(17(23)32)18(29-19)27-12-8-16(20(35-3)24-10-12)31-7-6-25-30-31/h6-11,15,26H,4-5H2,1-3H3,(H2,23,32)(H,33,34)(H2,27,28,29)/t11-,15-/m0/s1. The van der Waals surface area contributed by atoms with E-state index in [1.807, 2.05) is 6.92 Å². The van der Waals surface area contributed by atoms with Gasteiger partial charge in [0, 0.05) is 12.1 Å². The first kappa shape index (κ1) is 25.1. The highest BCUT2D eigenvalue weighted by Gasteiger charge is 2.23. The van der Waals surface area contributed by atoms with E-state index >= 15 is 0 Å². The van der Waals surface area contributed by atoms with Crippen LogP contribution in [0.5, 0.6) is 5.88 Å². The van der Waals surface area contributed by atoms with Crippen LogP contribution in [0.2, 0.25) is 0 Å². The summed E-state index contributed by atoms with van der Waals surface area (Å²) >= 11 is 0. The van der Waals surface area contributed by atoms with E-state index in [9.17, 15) is 14.0 Å². The number of primary amides is 1. The molecular formula is C21H26FN9O4. The Labute approximate surface area is 199 Å². The lowest BCUT2D eigenvalue weighted by Crippen LogP contribution is -2.44. The Kier molecular flexibility index (Phi) is 7.96. The molecule has 14 heteroatoms. The molecule has 0 aromatic carbocycles. The molecule has 0 fully saturated rings. The second-order valence-electron chi connectivity index (χ2n) is 7.58. The Hall–Kier alpha value is -4.49. The molecule has 3 heterocycles. The number of methoxy groups -OCH3 is 1. The summed E-state index contributed by atoms with van der Waals surface area (Å²) < 4.78 is 21.6. The summed E-state index contributed by atoms with van der Waals surface area (Å²) in [5, 5.41) is 25.0. The quantitative estimate of drug-likeness (QED) is 0.269. The van der Waals surface area contributed by atoms with E-state index in [-0.39, 0.29) is 23.1 Å². The molecule has 3 aromatic heterocycles. The van der Waals surface area contributed by atoms with Gasteiger partial charge in [0.25, 0.3) is 5.91 Å². The highest BCUT2D eigenvalue weighted by Crippen LogP contribution is 2.28. The summed E-state index contributed by atoms with van der Waals surface area (Å²) in [6.45, 7) is 3.57. The van der Waals surface area contributed by atoms with Crippen molar-refractivity contribution in [2.24, 2.45) is 5.73 Å². The van der Waals surface area contributed by atoms with E-state index < -0.39 is 29.9 Å². The zero-order valence-corrected chi connectivity index (χ0v) is 19.3. The first-order valence-electron chi connectivity index (χ1n) is 10.7. The Bertz CT molecular complexity index is 1190. The molecule has 0 unspecified atom stereocenters. The van der Waals surface area contributed by atoms with Crippen molar-refractivity contribution in [3.05, 3.63) is 42.1 Å². The molecular weight excluding hydrogens is 461 g/mol. The molecule has 6 N–H and O–H groups in total. The fraction of sp³-hybridized carbons (Fsp3) is 0.333. The first-order valence-corrected chi connectivity index (χ1v) is 10.7. The fourth-order valence-electron chi connectivity index (χ4n) is 3.41. The molecule has 0 saturated heterocycles. The topological polar surface area (TPSA) is 182 Å². The molecule has 3 rings (SSSR count). The number of ether oxygens (including phenoxy) is 1. The fourth-order valence-corrected chi connectivity index (χ4v) is 3.41. The molecule has 0 aliphatic carbocycles. The Morgan fingerprint density at radius 1 is 1.31 bits per heavy atom. The molecule has 0 bridgehead atoms. The van der Waals surface area contributed by atoms with Crippen LogP contribution in [0.3, 0.4) is 0 Å². The van der Waals surface area contributed by atoms with E-state index in [0.29, 0.717) is 24.2 Å². The van der Waals surface area contributed by atoms with Gasteiger partial charge < -0.3 is 31.5 Å². The normalized spacial score (nSPS) is 12.5. The van der Waals surface area contributed by atoms with Gasteiger partial charge in [0.1, 0.15) is 11.5 Å². The van der Waals surface area contributed by atoms with Crippen LogP contribution < -0.4 is 26.4 Å². The number of amides is 2. The predicted octanol–water partition coefficient (Wildman–Crippen LogP) is 2.28. The van der Waals surface area contributed by atoms with Crippen LogP contribution in [0.15, 0.2) is 30.7 Å². The number of hydrogen-bond donors (Lipinski definition) is 5. The van der Waals surface area contributed by atoms with Gasteiger partial charge in [-0.25, -0.2) is 23.8 Å². The molecule has 2 atom stereocenters. The van der Waals surface area contributed by atoms with E-state index in [0.717, 1.165) is 6.07 Å². The maximum absolute atomic E-state index is 14.9. The number of halogens is 1. The van der Waals surface area contributed by atoms with Crippen molar-refractivity contribution < 1.29 is 23.8 Å². The van der Waals surface area contributed by atoms with E-state index in [4.69, 9.17) is 15.6 Å². The largest absolute Gasteiger partial charge is 0.479 e. The number of nitrogens with two attached hydrogens (primary N) is 1. The highest BCUT2D eigenvalue weighted by atomic mass is 19.1. The molecule has 35 heavy (non-hydrogen) atoms. The zero-order chi connectivity index (χ0) is 25.5. The minimum absolute atomic E-state index is 0.0213. The molecule has 3 aromatic rings. The van der Waals surface area contributed by atoms with Crippen molar-refractivity contribution in [3.63, 3.8) is 0 Å². The third-order valence-electron chi connectivity index (χ3n) is 5.08. The molecule has 0 radical (unpaired) electrons. The summed E-state index contributed by atoms with van der Waals surface area (Å²) in [7, 11) is 1.45. The van der Waals surface area contributed by atoms with Crippen LogP contribution in [-0.2, 0) is 0 Å². The maximum Gasteiger partial charge on any atom is 0.404 e. The number of aromatic nitrogens is 5. The van der Waals surface area contributed by atoms with Gasteiger partial charge in [0.15, 0.2) is 11.6 Å². The molecule has 0 aliphatic heterocycles. The number of carboxylic acid groups (broad SMARTS) is 1. The van der Waals surface area contributed by atoms with Crippen LogP contribution >= 0.6 is 0 Å². The van der Waals surface area contributed by atoms with E-state index in [2.05, 4.69) is 36.2 Å². The number of rotatable bonds is 11. The van der Waals surface area contributed by atoms with Crippen molar-refractivity contribution in [2.45, 2.75) is 38.8 Å². The second-order valence-corrected chi connectivity index (χ2v) is 7.58. The molecule has 0 saturated carbocycles. The molecule has 2 amide bonds. The van der Waals surface area contributed by atoms with Crippen LogP contribution in [0.25, 0.3) is 5.69 Å². The van der Waals surface area contributed by atoms with Crippen LogP contribution in [0.1, 0.15) is 37.0 Å². The monoisotopic (exact) mass is 487 g/mol. The van der Waals surface area contributed by atoms with Gasteiger partial charge in [0.2, 0.25) is 5.88 Å². The number of carbonyl (C=O) groups is 2. The first-order chi connectivity index (χ1) is 16.7. The second kappa shape index (κ2) is 11.1. The Balaban J connectivity index is 1.97. The smallest absolute Gasteiger partial charge is 0.404 e. The third-order valence-corrected chi connectivity index (χ3v) is 5.08. The van der Waals surface area contributed by atoms with Crippen LogP contribution in [0.4, 0.5) is 26.5 Å². The van der Waals surface area contributed by atoms with Crippen molar-refractivity contribution in [2.75, 3.05) is 17.7 Å². The average molecular weight is 487 g/mol. The van der Waals surface area contributed by atoms with Gasteiger partial charge in [0.05, 0.1) is 37.0 Å². The predicted molar refractivity (Wildman–Crippen MR) is 125 cm³/mol. The number of nitrogens with one attached hydrogen (secondary N) is 3. The molecule has 0 spiro atoms. The summed E-state index contributed by atoms with van der Waals surface area (Å²) in [6, 6.07) is 1.58. The lowest BCUT2D eigenvalue weighted by Gasteiger charge is -2.26. The summed E-state index contributed by atoms with van der Waals surface area (Å²) in [6.07, 6.45) is 4.55. The van der Waals surface area contributed by atoms with Crippen molar-refractivity contribution >= 4 is 29.3 Å². The van der Waals surface area contributed by atoms with Gasteiger partial charge >= 0.3 is 6.09 Å². The van der Waals surface area contributed by atoms with Gasteiger partial charge in [-0.2, -0.15) is 0 Å². The summed E-state index contributed by atoms with van der Waals surface area (Å²) in [5.41, 5.74) is 6.10. The Morgan fingerprint density at radius 2 is 2.09 bits per heavy atom. The highest BCUT2D eigenvalue weighted by molar-refractivity contribution is 5.98. The van der Waals surface area contributed by atoms with Gasteiger partial charge in [-0.1, -0.05) is 18.6 Å². The Morgan fingerprint density at radius 3 is 2.69 bits per heavy atom. The number of carbonyl (C=O) groups excluding carboxylic acids is 1. The SMILES string of the molecule is CCC[C@H](Nc1nc(Nc2cnc(OC)c(-n3ccnn3)c2)c(C(N)=O)cc1F)[C@H](C)NC(=O)O. The van der Waals surface area contributed by atoms with Crippen molar-refractivity contribution in [1.82, 2.24) is 30.3 Å². The zero-order valence-electron chi connectivity index (χ0n) is 19.3. The van der Waals surface area contributed by atoms with Crippen LogP contribution in [-0.4, -0.2) is 61.3 Å². The van der Waals surface area contributed by atoms with Crippen molar-refractivity contribution in [1.29, 1.82) is 0 Å². The van der Waals surface area contributed by atoms with Gasteiger partial charge in [-0.05, 0) is 25.5 Å². The summed E-state index contributed by atoms with van der Waals surface area (Å²) in [5.74, 6) is -1.63. The van der Waals surface area contributed by atoms with Gasteiger partial charge in [-0.15, -0.1) is 5.10 Å². The minimum atomic E-state index is -1.20. The van der Waals surface area contributed by atoms with E-state index in [1.165, 1.54) is 24.2 Å². The lowest BCUT2D eigenvalue weighted by molar-refractivity contribution is 0.1000.